The highest BCUT2D eigenvalue weighted by molar-refractivity contribution is 5.85. The van der Waals surface area contributed by atoms with E-state index in [4.69, 9.17) is 5.73 Å². The van der Waals surface area contributed by atoms with Crippen molar-refractivity contribution >= 4 is 18.3 Å². The average Bonchev–Trinajstić information content (AvgIpc) is 2.89. The Balaban J connectivity index is 0.00000242. The third-order valence-corrected chi connectivity index (χ3v) is 4.16. The van der Waals surface area contributed by atoms with Crippen LogP contribution in [0.25, 0.3) is 0 Å². The standard InChI is InChI=1S/C18H24N2O.ClH/c1-3-8-15(9-4-2)18(21)20-12-16(17(19)13-20)14-10-6-5-7-11-14;/h3-7,10-11,15-17H,1-2,8-9,12-13,19H2;1H/t16-,17+;/m0./s1. The van der Waals surface area contributed by atoms with Gasteiger partial charge >= 0.3 is 0 Å². The lowest BCUT2D eigenvalue weighted by Crippen LogP contribution is -2.36. The van der Waals surface area contributed by atoms with Crippen LogP contribution in [0.2, 0.25) is 0 Å². The van der Waals surface area contributed by atoms with E-state index in [0.717, 1.165) is 0 Å². The Labute approximate surface area is 139 Å². The highest BCUT2D eigenvalue weighted by Gasteiger charge is 2.35. The fourth-order valence-corrected chi connectivity index (χ4v) is 3.02. The summed E-state index contributed by atoms with van der Waals surface area (Å²) in [4.78, 5) is 14.5. The van der Waals surface area contributed by atoms with Crippen molar-refractivity contribution in [1.82, 2.24) is 4.90 Å². The minimum absolute atomic E-state index is 0. The summed E-state index contributed by atoms with van der Waals surface area (Å²) in [5.74, 6) is 0.341. The van der Waals surface area contributed by atoms with Crippen molar-refractivity contribution in [2.75, 3.05) is 13.1 Å². The number of nitrogens with two attached hydrogens (primary N) is 1. The van der Waals surface area contributed by atoms with Gasteiger partial charge in [-0.3, -0.25) is 4.79 Å². The number of carbonyl (C=O) groups is 1. The molecule has 0 aliphatic carbocycles. The first-order valence-corrected chi connectivity index (χ1v) is 7.48. The van der Waals surface area contributed by atoms with Crippen LogP contribution in [-0.4, -0.2) is 29.9 Å². The first kappa shape index (κ1) is 18.5. The number of allylic oxidation sites excluding steroid dienone is 2. The molecule has 0 aromatic heterocycles. The predicted octanol–water partition coefficient (Wildman–Crippen LogP) is 3.13. The van der Waals surface area contributed by atoms with Gasteiger partial charge in [0.15, 0.2) is 0 Å². The molecule has 1 aliphatic heterocycles. The number of carbonyl (C=O) groups excluding carboxylic acids is 1. The lowest BCUT2D eigenvalue weighted by atomic mass is 9.95. The molecule has 120 valence electrons. The zero-order chi connectivity index (χ0) is 15.2. The van der Waals surface area contributed by atoms with Crippen LogP contribution >= 0.6 is 12.4 Å². The van der Waals surface area contributed by atoms with Crippen molar-refractivity contribution in [2.45, 2.75) is 24.8 Å². The smallest absolute Gasteiger partial charge is 0.226 e. The third-order valence-electron chi connectivity index (χ3n) is 4.16. The molecule has 22 heavy (non-hydrogen) atoms. The van der Waals surface area contributed by atoms with Crippen LogP contribution < -0.4 is 5.73 Å². The molecule has 3 nitrogen and oxygen atoms in total. The monoisotopic (exact) mass is 320 g/mol. The van der Waals surface area contributed by atoms with Gasteiger partial charge in [0.1, 0.15) is 0 Å². The maximum atomic E-state index is 12.6. The van der Waals surface area contributed by atoms with E-state index in [-0.39, 0.29) is 36.2 Å². The number of likely N-dealkylation sites (tertiary alicyclic amines) is 1. The van der Waals surface area contributed by atoms with Crippen molar-refractivity contribution in [3.8, 4) is 0 Å². The summed E-state index contributed by atoms with van der Waals surface area (Å²) in [5, 5.41) is 0. The highest BCUT2D eigenvalue weighted by atomic mass is 35.5. The molecule has 1 aliphatic rings. The second-order valence-electron chi connectivity index (χ2n) is 5.67. The van der Waals surface area contributed by atoms with Gasteiger partial charge < -0.3 is 10.6 Å². The van der Waals surface area contributed by atoms with Crippen molar-refractivity contribution in [2.24, 2.45) is 11.7 Å². The molecule has 0 unspecified atom stereocenters. The zero-order valence-corrected chi connectivity index (χ0v) is 13.7. The van der Waals surface area contributed by atoms with Crippen molar-refractivity contribution in [1.29, 1.82) is 0 Å². The Morgan fingerprint density at radius 1 is 1.23 bits per heavy atom. The van der Waals surface area contributed by atoms with Gasteiger partial charge in [-0.2, -0.15) is 0 Å². The van der Waals surface area contributed by atoms with E-state index in [2.05, 4.69) is 25.3 Å². The van der Waals surface area contributed by atoms with E-state index in [0.29, 0.717) is 25.9 Å². The molecular formula is C18H25ClN2O. The number of halogens is 1. The molecule has 4 heteroatoms. The molecule has 0 spiro atoms. The summed E-state index contributed by atoms with van der Waals surface area (Å²) in [7, 11) is 0. The number of hydrogen-bond acceptors (Lipinski definition) is 2. The van der Waals surface area contributed by atoms with Gasteiger partial charge in [-0.1, -0.05) is 42.5 Å². The molecule has 1 fully saturated rings. The van der Waals surface area contributed by atoms with Crippen LogP contribution in [0.15, 0.2) is 55.6 Å². The molecule has 2 N–H and O–H groups in total. The Bertz CT molecular complexity index is 493. The van der Waals surface area contributed by atoms with Crippen LogP contribution in [0.1, 0.15) is 24.3 Å². The molecule has 1 aromatic carbocycles. The van der Waals surface area contributed by atoms with E-state index in [1.165, 1.54) is 5.56 Å². The van der Waals surface area contributed by atoms with Crippen molar-refractivity contribution in [3.63, 3.8) is 0 Å². The van der Waals surface area contributed by atoms with Gasteiger partial charge in [-0.25, -0.2) is 0 Å². The van der Waals surface area contributed by atoms with E-state index < -0.39 is 0 Å². The summed E-state index contributed by atoms with van der Waals surface area (Å²) >= 11 is 0. The maximum absolute atomic E-state index is 12.6. The first-order chi connectivity index (χ1) is 10.2. The minimum atomic E-state index is -0.0540. The number of benzene rings is 1. The molecular weight excluding hydrogens is 296 g/mol. The van der Waals surface area contributed by atoms with Gasteiger partial charge in [0.25, 0.3) is 0 Å². The summed E-state index contributed by atoms with van der Waals surface area (Å²) in [6, 6.07) is 10.2. The van der Waals surface area contributed by atoms with Gasteiger partial charge in [-0.15, -0.1) is 25.6 Å². The Kier molecular flexibility index (Phi) is 7.36. The van der Waals surface area contributed by atoms with Crippen LogP contribution in [0.3, 0.4) is 0 Å². The quantitative estimate of drug-likeness (QED) is 0.819. The van der Waals surface area contributed by atoms with Gasteiger partial charge in [0.2, 0.25) is 5.91 Å². The number of hydrogen-bond donors (Lipinski definition) is 1. The SMILES string of the molecule is C=CCC(CC=C)C(=O)N1C[C@@H](N)[C@H](c2ccccc2)C1.Cl. The van der Waals surface area contributed by atoms with Crippen LogP contribution in [-0.2, 0) is 4.79 Å². The fourth-order valence-electron chi connectivity index (χ4n) is 3.02. The Morgan fingerprint density at radius 3 is 2.36 bits per heavy atom. The van der Waals surface area contributed by atoms with Crippen LogP contribution in [0.5, 0.6) is 0 Å². The lowest BCUT2D eigenvalue weighted by Gasteiger charge is -2.22. The average molecular weight is 321 g/mol. The minimum Gasteiger partial charge on any atom is -0.340 e. The predicted molar refractivity (Wildman–Crippen MR) is 94.1 cm³/mol. The van der Waals surface area contributed by atoms with Crippen molar-refractivity contribution < 1.29 is 4.79 Å². The number of amides is 1. The molecule has 0 saturated carbocycles. The molecule has 0 bridgehead atoms. The topological polar surface area (TPSA) is 46.3 Å². The van der Waals surface area contributed by atoms with E-state index in [1.807, 2.05) is 23.1 Å². The summed E-state index contributed by atoms with van der Waals surface area (Å²) in [6.07, 6.45) is 4.98. The van der Waals surface area contributed by atoms with Gasteiger partial charge in [0, 0.05) is 31.0 Å². The molecule has 1 heterocycles. The molecule has 1 saturated heterocycles. The highest BCUT2D eigenvalue weighted by Crippen LogP contribution is 2.28. The second-order valence-corrected chi connectivity index (χ2v) is 5.67. The summed E-state index contributed by atoms with van der Waals surface area (Å²) in [5.41, 5.74) is 7.47. The van der Waals surface area contributed by atoms with E-state index >= 15 is 0 Å². The zero-order valence-electron chi connectivity index (χ0n) is 12.9. The van der Waals surface area contributed by atoms with E-state index in [1.54, 1.807) is 12.2 Å². The molecule has 2 atom stereocenters. The summed E-state index contributed by atoms with van der Waals surface area (Å²) < 4.78 is 0. The normalized spacial score (nSPS) is 20.5. The van der Waals surface area contributed by atoms with Gasteiger partial charge in [0.05, 0.1) is 0 Å². The first-order valence-electron chi connectivity index (χ1n) is 7.48. The lowest BCUT2D eigenvalue weighted by molar-refractivity contribution is -0.134. The third kappa shape index (κ3) is 4.21. The molecule has 1 amide bonds. The van der Waals surface area contributed by atoms with Crippen molar-refractivity contribution in [3.05, 3.63) is 61.2 Å². The van der Waals surface area contributed by atoms with Crippen LogP contribution in [0, 0.1) is 5.92 Å². The number of nitrogens with zero attached hydrogens (tertiary/aromatic N) is 1. The molecule has 1 aromatic rings. The molecule has 0 radical (unpaired) electrons. The Morgan fingerprint density at radius 2 is 1.82 bits per heavy atom. The fraction of sp³-hybridized carbons (Fsp3) is 0.389. The van der Waals surface area contributed by atoms with E-state index in [9.17, 15) is 4.79 Å². The largest absolute Gasteiger partial charge is 0.340 e. The second kappa shape index (κ2) is 8.76. The Hall–Kier alpha value is -1.58. The maximum Gasteiger partial charge on any atom is 0.226 e. The van der Waals surface area contributed by atoms with Crippen LogP contribution in [0.4, 0.5) is 0 Å². The van der Waals surface area contributed by atoms with Gasteiger partial charge in [-0.05, 0) is 18.4 Å². The summed E-state index contributed by atoms with van der Waals surface area (Å²) in [6.45, 7) is 8.81. The number of rotatable bonds is 6. The molecule has 2 rings (SSSR count).